The van der Waals surface area contributed by atoms with Crippen LogP contribution >= 0.6 is 0 Å². The molecule has 0 spiro atoms. The number of hydrogen-bond donors (Lipinski definition) is 1. The Hall–Kier alpha value is -1.89. The molecule has 1 aromatic rings. The Morgan fingerprint density at radius 2 is 1.92 bits per heavy atom. The summed E-state index contributed by atoms with van der Waals surface area (Å²) in [5, 5.41) is 9.40. The number of allylic oxidation sites excluding steroid dienone is 1. The van der Waals surface area contributed by atoms with Gasteiger partial charge in [-0.3, -0.25) is 5.73 Å². The van der Waals surface area contributed by atoms with E-state index in [1.165, 1.54) is 32.1 Å². The van der Waals surface area contributed by atoms with E-state index in [4.69, 9.17) is 10.5 Å². The molecule has 1 aromatic carbocycles. The molecule has 0 amide bonds. The molecule has 2 atom stereocenters. The molecule has 3 heteroatoms. The first kappa shape index (κ1) is 19.4. The number of nitrogens with two attached hydrogens (primary N) is 1. The minimum atomic E-state index is -0.794. The van der Waals surface area contributed by atoms with Gasteiger partial charge in [0.05, 0.1) is 12.0 Å². The van der Waals surface area contributed by atoms with Crippen molar-refractivity contribution >= 4 is 6.08 Å². The third-order valence-corrected chi connectivity index (χ3v) is 4.61. The van der Waals surface area contributed by atoms with Gasteiger partial charge in [-0.05, 0) is 23.6 Å². The van der Waals surface area contributed by atoms with Gasteiger partial charge in [0.2, 0.25) is 0 Å². The molecular formula is C22H30N2O. The van der Waals surface area contributed by atoms with Gasteiger partial charge >= 0.3 is 0 Å². The normalized spacial score (nSPS) is 24.4. The van der Waals surface area contributed by atoms with Crippen LogP contribution in [0.2, 0.25) is 0 Å². The minimum Gasteiger partial charge on any atom is -0.357 e. The highest BCUT2D eigenvalue weighted by Crippen LogP contribution is 2.31. The van der Waals surface area contributed by atoms with Crippen LogP contribution < -0.4 is 5.73 Å². The maximum absolute atomic E-state index is 9.40. The molecule has 3 nitrogen and oxygen atoms in total. The Morgan fingerprint density at radius 3 is 2.64 bits per heavy atom. The average molecular weight is 338 g/mol. The van der Waals surface area contributed by atoms with Crippen LogP contribution in [0.5, 0.6) is 0 Å². The third-order valence-electron chi connectivity index (χ3n) is 4.61. The lowest BCUT2D eigenvalue weighted by Crippen LogP contribution is -2.43. The van der Waals surface area contributed by atoms with Crippen molar-refractivity contribution in [3.63, 3.8) is 0 Å². The quantitative estimate of drug-likeness (QED) is 0.382. The SMILES string of the molecule is CCCCCCCCOC1(N)C=CC(C#N)C(=Cc2ccccc2)C1. The summed E-state index contributed by atoms with van der Waals surface area (Å²) in [6.45, 7) is 2.90. The topological polar surface area (TPSA) is 59.0 Å². The molecule has 0 heterocycles. The zero-order valence-corrected chi connectivity index (χ0v) is 15.3. The Kier molecular flexibility index (Phi) is 7.91. The first-order chi connectivity index (χ1) is 12.2. The lowest BCUT2D eigenvalue weighted by Gasteiger charge is -2.32. The lowest BCUT2D eigenvalue weighted by molar-refractivity contribution is -0.00854. The highest BCUT2D eigenvalue weighted by atomic mass is 16.5. The van der Waals surface area contributed by atoms with Crippen molar-refractivity contribution in [2.24, 2.45) is 11.7 Å². The zero-order chi connectivity index (χ0) is 18.0. The summed E-state index contributed by atoms with van der Waals surface area (Å²) in [6, 6.07) is 12.4. The second-order valence-electron chi connectivity index (χ2n) is 6.84. The molecule has 25 heavy (non-hydrogen) atoms. The highest BCUT2D eigenvalue weighted by molar-refractivity contribution is 5.56. The fraction of sp³-hybridized carbons (Fsp3) is 0.500. The monoisotopic (exact) mass is 338 g/mol. The van der Waals surface area contributed by atoms with Crippen molar-refractivity contribution in [1.29, 1.82) is 5.26 Å². The molecule has 0 saturated heterocycles. The van der Waals surface area contributed by atoms with E-state index < -0.39 is 5.72 Å². The number of nitrogens with zero attached hydrogens (tertiary/aromatic N) is 1. The van der Waals surface area contributed by atoms with E-state index in [-0.39, 0.29) is 5.92 Å². The number of unbranched alkanes of at least 4 members (excludes halogenated alkanes) is 5. The van der Waals surface area contributed by atoms with Crippen molar-refractivity contribution < 1.29 is 4.74 Å². The number of benzene rings is 1. The molecule has 0 bridgehead atoms. The number of nitriles is 1. The summed E-state index contributed by atoms with van der Waals surface area (Å²) in [4.78, 5) is 0. The summed E-state index contributed by atoms with van der Waals surface area (Å²) in [7, 11) is 0. The van der Waals surface area contributed by atoms with Crippen LogP contribution in [0.15, 0.2) is 48.1 Å². The first-order valence-electron chi connectivity index (χ1n) is 9.44. The minimum absolute atomic E-state index is 0.227. The van der Waals surface area contributed by atoms with Gasteiger partial charge in [-0.25, -0.2) is 0 Å². The van der Waals surface area contributed by atoms with Gasteiger partial charge in [-0.1, -0.05) is 81.5 Å². The second-order valence-corrected chi connectivity index (χ2v) is 6.84. The fourth-order valence-electron chi connectivity index (χ4n) is 3.14. The molecule has 0 radical (unpaired) electrons. The van der Waals surface area contributed by atoms with Crippen LogP contribution in [0, 0.1) is 17.2 Å². The highest BCUT2D eigenvalue weighted by Gasteiger charge is 2.31. The predicted octanol–water partition coefficient (Wildman–Crippen LogP) is 5.20. The number of hydrogen-bond acceptors (Lipinski definition) is 3. The van der Waals surface area contributed by atoms with E-state index in [0.717, 1.165) is 17.6 Å². The third kappa shape index (κ3) is 6.49. The van der Waals surface area contributed by atoms with Gasteiger partial charge in [-0.2, -0.15) is 5.26 Å². The van der Waals surface area contributed by atoms with Gasteiger partial charge in [0, 0.05) is 13.0 Å². The summed E-state index contributed by atoms with van der Waals surface area (Å²) in [5.41, 5.74) is 7.73. The Balaban J connectivity index is 1.91. The van der Waals surface area contributed by atoms with E-state index in [9.17, 15) is 5.26 Å². The molecule has 1 aliphatic rings. The number of ether oxygens (including phenoxy) is 1. The molecule has 0 fully saturated rings. The maximum atomic E-state index is 9.40. The maximum Gasteiger partial charge on any atom is 0.139 e. The molecule has 0 aromatic heterocycles. The van der Waals surface area contributed by atoms with Crippen molar-refractivity contribution in [3.8, 4) is 6.07 Å². The van der Waals surface area contributed by atoms with Gasteiger partial charge < -0.3 is 4.74 Å². The summed E-state index contributed by atoms with van der Waals surface area (Å²) in [5.74, 6) is -0.227. The van der Waals surface area contributed by atoms with Crippen LogP contribution in [0.3, 0.4) is 0 Å². The standard InChI is InChI=1S/C22H30N2O/c1-2-3-4-5-6-10-15-25-22(24)14-13-20(18-23)21(17-22)16-19-11-8-7-9-12-19/h7-9,11-14,16,20H,2-6,10,15,17,24H2,1H3. The van der Waals surface area contributed by atoms with E-state index in [1.54, 1.807) is 0 Å². The number of rotatable bonds is 9. The van der Waals surface area contributed by atoms with Crippen molar-refractivity contribution in [2.45, 2.75) is 57.6 Å². The summed E-state index contributed by atoms with van der Waals surface area (Å²) < 4.78 is 5.98. The smallest absolute Gasteiger partial charge is 0.139 e. The lowest BCUT2D eigenvalue weighted by atomic mass is 9.85. The van der Waals surface area contributed by atoms with Crippen LogP contribution in [-0.2, 0) is 4.74 Å². The van der Waals surface area contributed by atoms with Crippen molar-refractivity contribution in [1.82, 2.24) is 0 Å². The van der Waals surface area contributed by atoms with E-state index in [2.05, 4.69) is 19.1 Å². The van der Waals surface area contributed by atoms with Crippen molar-refractivity contribution in [3.05, 3.63) is 53.6 Å². The Bertz CT molecular complexity index is 615. The van der Waals surface area contributed by atoms with Gasteiger partial charge in [-0.15, -0.1) is 0 Å². The van der Waals surface area contributed by atoms with E-state index in [0.29, 0.717) is 13.0 Å². The van der Waals surface area contributed by atoms with E-state index >= 15 is 0 Å². The van der Waals surface area contributed by atoms with Crippen LogP contribution in [0.25, 0.3) is 6.08 Å². The molecule has 0 saturated carbocycles. The molecule has 0 aliphatic heterocycles. The second kappa shape index (κ2) is 10.2. The van der Waals surface area contributed by atoms with Gasteiger partial charge in [0.25, 0.3) is 0 Å². The Labute approximate surface area is 152 Å². The molecule has 2 rings (SSSR count). The Morgan fingerprint density at radius 1 is 1.20 bits per heavy atom. The van der Waals surface area contributed by atoms with Crippen LogP contribution in [-0.4, -0.2) is 12.3 Å². The molecular weight excluding hydrogens is 308 g/mol. The van der Waals surface area contributed by atoms with Crippen LogP contribution in [0.1, 0.15) is 57.4 Å². The molecule has 2 unspecified atom stereocenters. The largest absolute Gasteiger partial charge is 0.357 e. The molecule has 1 aliphatic carbocycles. The zero-order valence-electron chi connectivity index (χ0n) is 15.3. The van der Waals surface area contributed by atoms with Gasteiger partial charge in [0.1, 0.15) is 5.72 Å². The summed E-state index contributed by atoms with van der Waals surface area (Å²) in [6.07, 6.45) is 13.7. The average Bonchev–Trinajstić information content (AvgIpc) is 2.62. The molecule has 2 N–H and O–H groups in total. The van der Waals surface area contributed by atoms with Crippen molar-refractivity contribution in [2.75, 3.05) is 6.61 Å². The first-order valence-corrected chi connectivity index (χ1v) is 9.44. The van der Waals surface area contributed by atoms with E-state index in [1.807, 2.05) is 42.5 Å². The van der Waals surface area contributed by atoms with Crippen LogP contribution in [0.4, 0.5) is 0 Å². The van der Waals surface area contributed by atoms with Gasteiger partial charge in [0.15, 0.2) is 0 Å². The summed E-state index contributed by atoms with van der Waals surface area (Å²) >= 11 is 0. The fourth-order valence-corrected chi connectivity index (χ4v) is 3.14. The predicted molar refractivity (Wildman–Crippen MR) is 104 cm³/mol. The molecule has 134 valence electrons.